The van der Waals surface area contributed by atoms with Gasteiger partial charge in [0.15, 0.2) is 0 Å². The van der Waals surface area contributed by atoms with Crippen LogP contribution in [0.2, 0.25) is 0 Å². The average molecular weight is 268 g/mol. The summed E-state index contributed by atoms with van der Waals surface area (Å²) in [5, 5.41) is 10.8. The van der Waals surface area contributed by atoms with Crippen molar-refractivity contribution in [3.05, 3.63) is 22.4 Å². The van der Waals surface area contributed by atoms with E-state index >= 15 is 0 Å². The second-order valence-electron chi connectivity index (χ2n) is 4.53. The first-order valence-electron chi connectivity index (χ1n) is 5.78. The number of rotatable bonds is 3. The molecule has 98 valence electrons. The van der Waals surface area contributed by atoms with Gasteiger partial charge < -0.3 is 14.9 Å². The van der Waals surface area contributed by atoms with Gasteiger partial charge in [0.25, 0.3) is 0 Å². The zero-order valence-corrected chi connectivity index (χ0v) is 11.2. The first-order chi connectivity index (χ1) is 8.50. The van der Waals surface area contributed by atoms with E-state index in [9.17, 15) is 9.59 Å². The predicted molar refractivity (Wildman–Crippen MR) is 68.6 cm³/mol. The second kappa shape index (κ2) is 4.97. The Morgan fingerprint density at radius 2 is 2.22 bits per heavy atom. The molecule has 0 spiro atoms. The molecule has 1 saturated heterocycles. The van der Waals surface area contributed by atoms with Gasteiger partial charge in [-0.05, 0) is 18.4 Å². The number of likely N-dealkylation sites (tertiary alicyclic amines) is 1. The third-order valence-corrected chi connectivity index (χ3v) is 4.38. The molecule has 5 nitrogen and oxygen atoms in total. The summed E-state index contributed by atoms with van der Waals surface area (Å²) < 4.78 is 0. The van der Waals surface area contributed by atoms with E-state index in [0.717, 1.165) is 4.88 Å². The van der Waals surface area contributed by atoms with Crippen molar-refractivity contribution >= 4 is 23.3 Å². The van der Waals surface area contributed by atoms with Crippen molar-refractivity contribution in [2.45, 2.75) is 13.0 Å². The van der Waals surface area contributed by atoms with E-state index in [0.29, 0.717) is 13.1 Å². The third kappa shape index (κ3) is 2.33. The summed E-state index contributed by atoms with van der Waals surface area (Å²) in [4.78, 5) is 27.1. The first-order valence-corrected chi connectivity index (χ1v) is 6.66. The second-order valence-corrected chi connectivity index (χ2v) is 5.50. The zero-order chi connectivity index (χ0) is 13.3. The number of urea groups is 1. The van der Waals surface area contributed by atoms with Crippen molar-refractivity contribution in [1.82, 2.24) is 9.80 Å². The summed E-state index contributed by atoms with van der Waals surface area (Å²) in [6, 6.07) is 3.86. The summed E-state index contributed by atoms with van der Waals surface area (Å²) in [6.07, 6.45) is 0. The molecular formula is C12H16N2O3S. The lowest BCUT2D eigenvalue weighted by molar-refractivity contribution is -0.146. The number of amides is 2. The molecule has 1 aromatic heterocycles. The maximum atomic E-state index is 12.1. The van der Waals surface area contributed by atoms with E-state index in [-0.39, 0.29) is 12.1 Å². The number of carboxylic acids is 1. The van der Waals surface area contributed by atoms with E-state index in [2.05, 4.69) is 0 Å². The molecular weight excluding hydrogens is 252 g/mol. The molecule has 2 amide bonds. The Hall–Kier alpha value is -1.56. The highest BCUT2D eigenvalue weighted by molar-refractivity contribution is 7.10. The molecule has 1 N–H and O–H groups in total. The molecule has 1 atom stereocenters. The van der Waals surface area contributed by atoms with Gasteiger partial charge in [0.05, 0.1) is 12.0 Å². The normalized spacial score (nSPS) is 17.1. The Labute approximate surface area is 110 Å². The summed E-state index contributed by atoms with van der Waals surface area (Å²) in [6.45, 7) is 2.60. The molecule has 1 fully saturated rings. The van der Waals surface area contributed by atoms with Crippen LogP contribution in [-0.2, 0) is 4.79 Å². The lowest BCUT2D eigenvalue weighted by Crippen LogP contribution is -2.56. The summed E-state index contributed by atoms with van der Waals surface area (Å²) in [5.41, 5.74) is 0. The minimum absolute atomic E-state index is 0.0152. The topological polar surface area (TPSA) is 60.9 Å². The van der Waals surface area contributed by atoms with E-state index in [1.165, 1.54) is 0 Å². The Morgan fingerprint density at radius 1 is 1.56 bits per heavy atom. The van der Waals surface area contributed by atoms with Crippen LogP contribution in [0.15, 0.2) is 17.5 Å². The fraction of sp³-hybridized carbons (Fsp3) is 0.500. The molecule has 0 aliphatic carbocycles. The van der Waals surface area contributed by atoms with Crippen molar-refractivity contribution in [2.75, 3.05) is 20.1 Å². The molecule has 18 heavy (non-hydrogen) atoms. The molecule has 2 rings (SSSR count). The minimum atomic E-state index is -0.826. The smallest absolute Gasteiger partial charge is 0.320 e. The van der Waals surface area contributed by atoms with Gasteiger partial charge in [0.2, 0.25) is 0 Å². The van der Waals surface area contributed by atoms with Gasteiger partial charge >= 0.3 is 12.0 Å². The van der Waals surface area contributed by atoms with Crippen molar-refractivity contribution in [3.8, 4) is 0 Å². The summed E-state index contributed by atoms with van der Waals surface area (Å²) in [7, 11) is 1.75. The van der Waals surface area contributed by atoms with E-state index < -0.39 is 11.9 Å². The summed E-state index contributed by atoms with van der Waals surface area (Å²) in [5.74, 6) is -1.23. The average Bonchev–Trinajstić information content (AvgIpc) is 2.77. The zero-order valence-electron chi connectivity index (χ0n) is 10.4. The van der Waals surface area contributed by atoms with Gasteiger partial charge in [0.1, 0.15) is 0 Å². The molecule has 1 aliphatic heterocycles. The quantitative estimate of drug-likeness (QED) is 0.910. The van der Waals surface area contributed by atoms with Gasteiger partial charge in [-0.2, -0.15) is 0 Å². The van der Waals surface area contributed by atoms with Gasteiger partial charge in [-0.15, -0.1) is 11.3 Å². The van der Waals surface area contributed by atoms with Crippen LogP contribution in [0, 0.1) is 5.92 Å². The monoisotopic (exact) mass is 268 g/mol. The number of thiophene rings is 1. The lowest BCUT2D eigenvalue weighted by atomic mass is 10.0. The Kier molecular flexibility index (Phi) is 3.56. The maximum Gasteiger partial charge on any atom is 0.320 e. The number of aliphatic carboxylic acids is 1. The van der Waals surface area contributed by atoms with Crippen LogP contribution in [0.3, 0.4) is 0 Å². The third-order valence-electron chi connectivity index (χ3n) is 3.34. The van der Waals surface area contributed by atoms with Crippen LogP contribution in [0.5, 0.6) is 0 Å². The number of nitrogens with zero attached hydrogens (tertiary/aromatic N) is 2. The minimum Gasteiger partial charge on any atom is -0.481 e. The van der Waals surface area contributed by atoms with Gasteiger partial charge in [-0.25, -0.2) is 4.79 Å². The fourth-order valence-electron chi connectivity index (χ4n) is 1.90. The summed E-state index contributed by atoms with van der Waals surface area (Å²) >= 11 is 1.61. The highest BCUT2D eigenvalue weighted by Gasteiger charge is 2.37. The number of hydrogen-bond donors (Lipinski definition) is 1. The van der Waals surface area contributed by atoms with Crippen LogP contribution >= 0.6 is 11.3 Å². The van der Waals surface area contributed by atoms with Crippen molar-refractivity contribution < 1.29 is 14.7 Å². The lowest BCUT2D eigenvalue weighted by Gasteiger charge is -2.40. The number of carbonyl (C=O) groups is 2. The standard InChI is InChI=1S/C12H16N2O3S/c1-8(10-4-3-5-18-10)13(2)12(17)14-6-9(7-14)11(15)16/h3-5,8-9H,6-7H2,1-2H3,(H,15,16). The molecule has 1 unspecified atom stereocenters. The SMILES string of the molecule is CC(c1cccs1)N(C)C(=O)N1CC(C(=O)O)C1. The first kappa shape index (κ1) is 12.9. The highest BCUT2D eigenvalue weighted by Crippen LogP contribution is 2.26. The molecule has 1 aromatic rings. The Balaban J connectivity index is 1.92. The molecule has 0 aromatic carbocycles. The molecule has 0 saturated carbocycles. The van der Waals surface area contributed by atoms with Crippen LogP contribution in [0.1, 0.15) is 17.8 Å². The fourth-order valence-corrected chi connectivity index (χ4v) is 2.73. The van der Waals surface area contributed by atoms with E-state index in [1.807, 2.05) is 24.4 Å². The number of carbonyl (C=O) groups excluding carboxylic acids is 1. The van der Waals surface area contributed by atoms with Crippen LogP contribution in [0.4, 0.5) is 4.79 Å². The van der Waals surface area contributed by atoms with Gasteiger partial charge in [0, 0.05) is 25.0 Å². The molecule has 1 aliphatic rings. The molecule has 0 bridgehead atoms. The number of carboxylic acid groups (broad SMARTS) is 1. The Morgan fingerprint density at radius 3 is 2.72 bits per heavy atom. The largest absolute Gasteiger partial charge is 0.481 e. The predicted octanol–water partition coefficient (Wildman–Crippen LogP) is 1.88. The Bertz CT molecular complexity index is 440. The molecule has 2 heterocycles. The van der Waals surface area contributed by atoms with Gasteiger partial charge in [-0.1, -0.05) is 6.07 Å². The van der Waals surface area contributed by atoms with Crippen molar-refractivity contribution in [2.24, 2.45) is 5.92 Å². The van der Waals surface area contributed by atoms with Crippen LogP contribution in [0.25, 0.3) is 0 Å². The molecule has 6 heteroatoms. The molecule has 0 radical (unpaired) electrons. The van der Waals surface area contributed by atoms with Gasteiger partial charge in [-0.3, -0.25) is 4.79 Å². The van der Waals surface area contributed by atoms with Crippen molar-refractivity contribution in [1.29, 1.82) is 0 Å². The number of hydrogen-bond acceptors (Lipinski definition) is 3. The van der Waals surface area contributed by atoms with E-state index in [1.54, 1.807) is 28.2 Å². The maximum absolute atomic E-state index is 12.1. The van der Waals surface area contributed by atoms with E-state index in [4.69, 9.17) is 5.11 Å². The van der Waals surface area contributed by atoms with Crippen LogP contribution < -0.4 is 0 Å². The van der Waals surface area contributed by atoms with Crippen molar-refractivity contribution in [3.63, 3.8) is 0 Å². The highest BCUT2D eigenvalue weighted by atomic mass is 32.1. The van der Waals surface area contributed by atoms with Crippen LogP contribution in [-0.4, -0.2) is 47.0 Å².